The average Bonchev–Trinajstić information content (AvgIpc) is 2.53. The second-order valence-electron chi connectivity index (χ2n) is 4.92. The summed E-state index contributed by atoms with van der Waals surface area (Å²) in [6.45, 7) is 2.84. The molecule has 0 saturated heterocycles. The Morgan fingerprint density at radius 2 is 2.00 bits per heavy atom. The Morgan fingerprint density at radius 3 is 2.76 bits per heavy atom. The summed E-state index contributed by atoms with van der Waals surface area (Å²) in [7, 11) is 1.66. The zero-order valence-corrected chi connectivity index (χ0v) is 12.2. The molecule has 2 aromatic rings. The fourth-order valence-electron chi connectivity index (χ4n) is 2.27. The van der Waals surface area contributed by atoms with Crippen molar-refractivity contribution in [3.8, 4) is 5.75 Å². The van der Waals surface area contributed by atoms with Gasteiger partial charge >= 0.3 is 0 Å². The van der Waals surface area contributed by atoms with E-state index < -0.39 is 0 Å². The molecular formula is C16H18N4O. The molecule has 5 heteroatoms. The van der Waals surface area contributed by atoms with Gasteiger partial charge in [0.2, 0.25) is 0 Å². The highest BCUT2D eigenvalue weighted by atomic mass is 16.5. The maximum Gasteiger partial charge on any atom is 0.135 e. The van der Waals surface area contributed by atoms with E-state index in [1.807, 2.05) is 37.3 Å². The van der Waals surface area contributed by atoms with Gasteiger partial charge in [0.25, 0.3) is 0 Å². The summed E-state index contributed by atoms with van der Waals surface area (Å²) < 4.78 is 5.14. The number of aromatic nitrogens is 1. The summed E-state index contributed by atoms with van der Waals surface area (Å²) in [6, 6.07) is 11.8. The molecule has 0 spiro atoms. The molecule has 1 aromatic heterocycles. The molecular weight excluding hydrogens is 264 g/mol. The summed E-state index contributed by atoms with van der Waals surface area (Å²) in [4.78, 5) is 4.51. The molecule has 0 bridgehead atoms. The van der Waals surface area contributed by atoms with Crippen molar-refractivity contribution in [3.05, 3.63) is 47.7 Å². The summed E-state index contributed by atoms with van der Waals surface area (Å²) >= 11 is 0. The Morgan fingerprint density at radius 1 is 1.19 bits per heavy atom. The van der Waals surface area contributed by atoms with Gasteiger partial charge in [-0.1, -0.05) is 0 Å². The third-order valence-corrected chi connectivity index (χ3v) is 3.41. The van der Waals surface area contributed by atoms with E-state index in [2.05, 4.69) is 26.9 Å². The molecule has 5 nitrogen and oxygen atoms in total. The second kappa shape index (κ2) is 5.83. The van der Waals surface area contributed by atoms with Crippen LogP contribution >= 0.6 is 0 Å². The Kier molecular flexibility index (Phi) is 3.73. The number of hydrogen-bond donors (Lipinski definition) is 2. The van der Waals surface area contributed by atoms with Gasteiger partial charge in [0.1, 0.15) is 11.6 Å². The quantitative estimate of drug-likeness (QED) is 0.850. The summed E-state index contributed by atoms with van der Waals surface area (Å²) in [5.74, 6) is 1.75. The van der Waals surface area contributed by atoms with Gasteiger partial charge in [0.15, 0.2) is 0 Å². The number of ether oxygens (including phenoxy) is 1. The van der Waals surface area contributed by atoms with Crippen LogP contribution in [0.25, 0.3) is 0 Å². The van der Waals surface area contributed by atoms with Gasteiger partial charge in [-0.15, -0.1) is 0 Å². The van der Waals surface area contributed by atoms with Gasteiger partial charge < -0.3 is 10.1 Å². The molecule has 1 aromatic carbocycles. The first-order chi connectivity index (χ1) is 10.3. The van der Waals surface area contributed by atoms with Crippen molar-refractivity contribution in [2.45, 2.75) is 13.3 Å². The van der Waals surface area contributed by atoms with Crippen LogP contribution in [0.15, 0.2) is 41.5 Å². The van der Waals surface area contributed by atoms with Crippen molar-refractivity contribution in [1.82, 2.24) is 4.98 Å². The van der Waals surface area contributed by atoms with Crippen molar-refractivity contribution in [2.75, 3.05) is 24.4 Å². The molecule has 3 rings (SSSR count). The lowest BCUT2D eigenvalue weighted by Gasteiger charge is -2.19. The number of rotatable bonds is 3. The minimum Gasteiger partial charge on any atom is -0.497 e. The number of nitrogens with one attached hydrogen (secondary N) is 2. The lowest BCUT2D eigenvalue weighted by Crippen LogP contribution is -2.21. The standard InChI is InChI=1S/C16H18N4O/c1-11-3-8-14-15(9-10-17-16(14)18-11)20-19-12-4-6-13(21-2)7-5-12/h3-8,19H,9-10H2,1-2H3,(H,17,18)/b20-15+. The predicted molar refractivity (Wildman–Crippen MR) is 85.2 cm³/mol. The molecule has 0 amide bonds. The van der Waals surface area contributed by atoms with Gasteiger partial charge in [0, 0.05) is 24.2 Å². The van der Waals surface area contributed by atoms with Gasteiger partial charge in [-0.2, -0.15) is 5.10 Å². The van der Waals surface area contributed by atoms with Crippen molar-refractivity contribution >= 4 is 17.2 Å². The number of pyridine rings is 1. The van der Waals surface area contributed by atoms with Crippen LogP contribution in [0.4, 0.5) is 11.5 Å². The second-order valence-corrected chi connectivity index (χ2v) is 4.92. The SMILES string of the molecule is COc1ccc(N/N=C2\CCNc3nc(C)ccc32)cc1. The van der Waals surface area contributed by atoms with Gasteiger partial charge in [0.05, 0.1) is 18.5 Å². The van der Waals surface area contributed by atoms with Crippen LogP contribution in [-0.4, -0.2) is 24.4 Å². The number of nitrogens with zero attached hydrogens (tertiary/aromatic N) is 2. The van der Waals surface area contributed by atoms with Crippen molar-refractivity contribution in [1.29, 1.82) is 0 Å². The van der Waals surface area contributed by atoms with E-state index in [-0.39, 0.29) is 0 Å². The third kappa shape index (κ3) is 2.97. The molecule has 21 heavy (non-hydrogen) atoms. The van der Waals surface area contributed by atoms with Gasteiger partial charge in [-0.25, -0.2) is 4.98 Å². The molecule has 0 fully saturated rings. The number of benzene rings is 1. The monoisotopic (exact) mass is 282 g/mol. The van der Waals surface area contributed by atoms with Crippen LogP contribution in [0.1, 0.15) is 17.7 Å². The van der Waals surface area contributed by atoms with E-state index >= 15 is 0 Å². The zero-order chi connectivity index (χ0) is 14.7. The first-order valence-corrected chi connectivity index (χ1v) is 6.95. The number of anilines is 2. The van der Waals surface area contributed by atoms with Crippen molar-refractivity contribution < 1.29 is 4.74 Å². The highest BCUT2D eigenvalue weighted by Gasteiger charge is 2.16. The summed E-state index contributed by atoms with van der Waals surface area (Å²) in [5.41, 5.74) is 7.12. The molecule has 2 heterocycles. The Balaban J connectivity index is 1.81. The lowest BCUT2D eigenvalue weighted by molar-refractivity contribution is 0.415. The number of hydrogen-bond acceptors (Lipinski definition) is 5. The van der Waals surface area contributed by atoms with E-state index in [0.29, 0.717) is 0 Å². The van der Waals surface area contributed by atoms with Crippen molar-refractivity contribution in [3.63, 3.8) is 0 Å². The fraction of sp³-hybridized carbons (Fsp3) is 0.250. The number of aryl methyl sites for hydroxylation is 1. The zero-order valence-electron chi connectivity index (χ0n) is 12.2. The summed E-state index contributed by atoms with van der Waals surface area (Å²) in [5, 5.41) is 7.84. The molecule has 108 valence electrons. The molecule has 0 saturated carbocycles. The van der Waals surface area contributed by atoms with Gasteiger partial charge in [-0.3, -0.25) is 5.43 Å². The first-order valence-electron chi connectivity index (χ1n) is 6.95. The van der Waals surface area contributed by atoms with E-state index in [4.69, 9.17) is 4.74 Å². The first kappa shape index (κ1) is 13.4. The number of fused-ring (bicyclic) bond motifs is 1. The third-order valence-electron chi connectivity index (χ3n) is 3.41. The highest BCUT2D eigenvalue weighted by Crippen LogP contribution is 2.21. The molecule has 0 atom stereocenters. The minimum atomic E-state index is 0.833. The summed E-state index contributed by atoms with van der Waals surface area (Å²) in [6.07, 6.45) is 0.876. The maximum absolute atomic E-state index is 5.14. The van der Waals surface area contributed by atoms with Gasteiger partial charge in [-0.05, 0) is 43.3 Å². The lowest BCUT2D eigenvalue weighted by atomic mass is 10.0. The number of methoxy groups -OCH3 is 1. The van der Waals surface area contributed by atoms with Crippen LogP contribution in [0, 0.1) is 6.92 Å². The highest BCUT2D eigenvalue weighted by molar-refractivity contribution is 6.06. The van der Waals surface area contributed by atoms with Crippen LogP contribution in [0.3, 0.4) is 0 Å². The predicted octanol–water partition coefficient (Wildman–Crippen LogP) is 3.03. The van der Waals surface area contributed by atoms with E-state index in [1.165, 1.54) is 0 Å². The normalized spacial score (nSPS) is 15.2. The van der Waals surface area contributed by atoms with E-state index in [1.54, 1.807) is 7.11 Å². The molecule has 0 radical (unpaired) electrons. The van der Waals surface area contributed by atoms with Crippen LogP contribution in [-0.2, 0) is 0 Å². The molecule has 1 aliphatic rings. The molecule has 0 aliphatic carbocycles. The Labute approximate surface area is 124 Å². The molecule has 0 unspecified atom stereocenters. The average molecular weight is 282 g/mol. The van der Waals surface area contributed by atoms with Crippen LogP contribution < -0.4 is 15.5 Å². The Bertz CT molecular complexity index is 664. The molecule has 2 N–H and O–H groups in total. The number of hydrazone groups is 1. The largest absolute Gasteiger partial charge is 0.497 e. The molecule has 1 aliphatic heterocycles. The van der Waals surface area contributed by atoms with E-state index in [0.717, 1.165) is 47.2 Å². The van der Waals surface area contributed by atoms with E-state index in [9.17, 15) is 0 Å². The maximum atomic E-state index is 5.14. The van der Waals surface area contributed by atoms with Crippen molar-refractivity contribution in [2.24, 2.45) is 5.10 Å². The Hall–Kier alpha value is -2.56. The minimum absolute atomic E-state index is 0.833. The van der Waals surface area contributed by atoms with Crippen LogP contribution in [0.5, 0.6) is 5.75 Å². The topological polar surface area (TPSA) is 58.5 Å². The fourth-order valence-corrected chi connectivity index (χ4v) is 2.27. The smallest absolute Gasteiger partial charge is 0.135 e. The van der Waals surface area contributed by atoms with Crippen LogP contribution in [0.2, 0.25) is 0 Å².